The number of nitrogens with zero attached hydrogens (tertiary/aromatic N) is 3. The van der Waals surface area contributed by atoms with Crippen LogP contribution in [0.4, 0.5) is 0 Å². The molecule has 0 aliphatic heterocycles. The van der Waals surface area contributed by atoms with Gasteiger partial charge in [0.25, 0.3) is 5.56 Å². The SMILES string of the molecule is CC(C)Nn1c(=O)ccc2cncnc21. The third-order valence-corrected chi connectivity index (χ3v) is 1.94. The van der Waals surface area contributed by atoms with Crippen LogP contribution in [-0.2, 0) is 0 Å². The number of hydrogen-bond acceptors (Lipinski definition) is 4. The molecule has 15 heavy (non-hydrogen) atoms. The van der Waals surface area contributed by atoms with Crippen molar-refractivity contribution < 1.29 is 0 Å². The number of hydrogen-bond donors (Lipinski definition) is 1. The summed E-state index contributed by atoms with van der Waals surface area (Å²) in [6.07, 6.45) is 3.11. The third kappa shape index (κ3) is 1.81. The van der Waals surface area contributed by atoms with E-state index < -0.39 is 0 Å². The molecule has 0 amide bonds. The number of rotatable bonds is 2. The van der Waals surface area contributed by atoms with Crippen LogP contribution in [-0.4, -0.2) is 20.7 Å². The van der Waals surface area contributed by atoms with Crippen LogP contribution in [0, 0.1) is 0 Å². The zero-order valence-corrected chi connectivity index (χ0v) is 8.64. The van der Waals surface area contributed by atoms with E-state index in [1.165, 1.54) is 17.1 Å². The van der Waals surface area contributed by atoms with Crippen molar-refractivity contribution in [1.29, 1.82) is 0 Å². The summed E-state index contributed by atoms with van der Waals surface area (Å²) in [6.45, 7) is 3.93. The van der Waals surface area contributed by atoms with Crippen molar-refractivity contribution in [2.75, 3.05) is 5.43 Å². The number of fused-ring (bicyclic) bond motifs is 1. The highest BCUT2D eigenvalue weighted by molar-refractivity contribution is 5.73. The van der Waals surface area contributed by atoms with Crippen molar-refractivity contribution in [3.8, 4) is 0 Å². The molecule has 2 aromatic rings. The van der Waals surface area contributed by atoms with Gasteiger partial charge < -0.3 is 5.43 Å². The van der Waals surface area contributed by atoms with Gasteiger partial charge in [-0.3, -0.25) is 4.79 Å². The molecule has 2 heterocycles. The maximum atomic E-state index is 11.6. The average Bonchev–Trinajstić information content (AvgIpc) is 2.22. The molecule has 0 fully saturated rings. The van der Waals surface area contributed by atoms with Gasteiger partial charge in [0.1, 0.15) is 6.33 Å². The molecule has 0 aliphatic rings. The molecule has 78 valence electrons. The molecule has 0 radical (unpaired) electrons. The van der Waals surface area contributed by atoms with Crippen LogP contribution in [0.25, 0.3) is 11.0 Å². The Hall–Kier alpha value is -1.91. The maximum Gasteiger partial charge on any atom is 0.270 e. The molecule has 0 unspecified atom stereocenters. The maximum absolute atomic E-state index is 11.6. The minimum atomic E-state index is -0.116. The van der Waals surface area contributed by atoms with Crippen LogP contribution in [0.2, 0.25) is 0 Å². The molecule has 2 aromatic heterocycles. The average molecular weight is 204 g/mol. The van der Waals surface area contributed by atoms with Gasteiger partial charge >= 0.3 is 0 Å². The lowest BCUT2D eigenvalue weighted by Crippen LogP contribution is -2.33. The summed E-state index contributed by atoms with van der Waals surface area (Å²) in [5, 5.41) is 0.838. The monoisotopic (exact) mass is 204 g/mol. The molecule has 1 N–H and O–H groups in total. The summed E-state index contributed by atoms with van der Waals surface area (Å²) in [5.74, 6) is 0. The first-order chi connectivity index (χ1) is 7.18. The molecule has 0 aliphatic carbocycles. The van der Waals surface area contributed by atoms with E-state index in [2.05, 4.69) is 15.4 Å². The van der Waals surface area contributed by atoms with E-state index in [4.69, 9.17) is 0 Å². The fourth-order valence-corrected chi connectivity index (χ4v) is 1.36. The largest absolute Gasteiger partial charge is 0.319 e. The van der Waals surface area contributed by atoms with Gasteiger partial charge in [0.15, 0.2) is 5.65 Å². The van der Waals surface area contributed by atoms with Crippen LogP contribution in [0.15, 0.2) is 29.5 Å². The molecule has 5 heteroatoms. The molecule has 0 saturated heterocycles. The smallest absolute Gasteiger partial charge is 0.270 e. The van der Waals surface area contributed by atoms with Crippen molar-refractivity contribution in [1.82, 2.24) is 14.6 Å². The first-order valence-corrected chi connectivity index (χ1v) is 4.77. The lowest BCUT2D eigenvalue weighted by atomic mass is 10.3. The summed E-state index contributed by atoms with van der Waals surface area (Å²) >= 11 is 0. The third-order valence-electron chi connectivity index (χ3n) is 1.94. The quantitative estimate of drug-likeness (QED) is 0.784. The normalized spacial score (nSPS) is 10.9. The summed E-state index contributed by atoms with van der Waals surface area (Å²) in [4.78, 5) is 19.6. The molecule has 0 spiro atoms. The molecular formula is C10H12N4O. The number of pyridine rings is 1. The fraction of sp³-hybridized carbons (Fsp3) is 0.300. The Morgan fingerprint density at radius 1 is 1.40 bits per heavy atom. The van der Waals surface area contributed by atoms with Crippen molar-refractivity contribution in [3.63, 3.8) is 0 Å². The fourth-order valence-electron chi connectivity index (χ4n) is 1.36. The van der Waals surface area contributed by atoms with Crippen LogP contribution in [0.3, 0.4) is 0 Å². The molecule has 5 nitrogen and oxygen atoms in total. The summed E-state index contributed by atoms with van der Waals surface area (Å²) in [6, 6.07) is 3.39. The standard InChI is InChI=1S/C10H12N4O/c1-7(2)13-14-9(15)4-3-8-5-11-6-12-10(8)14/h3-7,13H,1-2H3. The molecule has 0 atom stereocenters. The van der Waals surface area contributed by atoms with E-state index in [0.29, 0.717) is 5.65 Å². The first kappa shape index (κ1) is 9.64. The second-order valence-corrected chi connectivity index (χ2v) is 3.59. The van der Waals surface area contributed by atoms with E-state index in [1.807, 2.05) is 13.8 Å². The lowest BCUT2D eigenvalue weighted by molar-refractivity contribution is 0.728. The Balaban J connectivity index is 2.68. The Morgan fingerprint density at radius 2 is 2.20 bits per heavy atom. The van der Waals surface area contributed by atoms with Crippen LogP contribution >= 0.6 is 0 Å². The van der Waals surface area contributed by atoms with E-state index in [0.717, 1.165) is 5.39 Å². The van der Waals surface area contributed by atoms with E-state index in [-0.39, 0.29) is 11.6 Å². The van der Waals surface area contributed by atoms with Crippen LogP contribution < -0.4 is 11.0 Å². The van der Waals surface area contributed by atoms with Gasteiger partial charge in [0.2, 0.25) is 0 Å². The van der Waals surface area contributed by atoms with Crippen molar-refractivity contribution in [3.05, 3.63) is 35.0 Å². The summed E-state index contributed by atoms with van der Waals surface area (Å²) < 4.78 is 1.45. The molecule has 0 aromatic carbocycles. The minimum Gasteiger partial charge on any atom is -0.319 e. The first-order valence-electron chi connectivity index (χ1n) is 4.77. The lowest BCUT2D eigenvalue weighted by Gasteiger charge is -2.13. The molecule has 2 rings (SSSR count). The highest BCUT2D eigenvalue weighted by Gasteiger charge is 2.04. The van der Waals surface area contributed by atoms with Gasteiger partial charge in [-0.2, -0.15) is 0 Å². The molecule has 0 bridgehead atoms. The highest BCUT2D eigenvalue weighted by Crippen LogP contribution is 2.04. The predicted octanol–water partition coefficient (Wildman–Crippen LogP) is 0.743. The minimum absolute atomic E-state index is 0.116. The summed E-state index contributed by atoms with van der Waals surface area (Å²) in [5.41, 5.74) is 3.52. The van der Waals surface area contributed by atoms with Gasteiger partial charge in [0.05, 0.1) is 0 Å². The molecular weight excluding hydrogens is 192 g/mol. The van der Waals surface area contributed by atoms with E-state index >= 15 is 0 Å². The highest BCUT2D eigenvalue weighted by atomic mass is 16.1. The Bertz CT molecular complexity index is 532. The predicted molar refractivity (Wildman–Crippen MR) is 58.3 cm³/mol. The second kappa shape index (κ2) is 3.68. The molecule has 0 saturated carbocycles. The Kier molecular flexibility index (Phi) is 2.37. The Labute approximate surface area is 86.8 Å². The van der Waals surface area contributed by atoms with Crippen molar-refractivity contribution in [2.24, 2.45) is 0 Å². The second-order valence-electron chi connectivity index (χ2n) is 3.59. The summed E-state index contributed by atoms with van der Waals surface area (Å²) in [7, 11) is 0. The van der Waals surface area contributed by atoms with Gasteiger partial charge in [-0.25, -0.2) is 14.6 Å². The Morgan fingerprint density at radius 3 is 2.93 bits per heavy atom. The zero-order valence-electron chi connectivity index (χ0n) is 8.64. The number of aromatic nitrogens is 3. The van der Waals surface area contributed by atoms with Crippen molar-refractivity contribution in [2.45, 2.75) is 19.9 Å². The van der Waals surface area contributed by atoms with Gasteiger partial charge in [-0.15, -0.1) is 0 Å². The van der Waals surface area contributed by atoms with Crippen LogP contribution in [0.1, 0.15) is 13.8 Å². The van der Waals surface area contributed by atoms with E-state index in [9.17, 15) is 4.79 Å². The topological polar surface area (TPSA) is 59.8 Å². The number of nitrogens with one attached hydrogen (secondary N) is 1. The zero-order chi connectivity index (χ0) is 10.8. The van der Waals surface area contributed by atoms with Crippen molar-refractivity contribution >= 4 is 11.0 Å². The van der Waals surface area contributed by atoms with Crippen LogP contribution in [0.5, 0.6) is 0 Å². The van der Waals surface area contributed by atoms with Gasteiger partial charge in [0, 0.05) is 23.7 Å². The van der Waals surface area contributed by atoms with E-state index in [1.54, 1.807) is 12.3 Å². The van der Waals surface area contributed by atoms with Gasteiger partial charge in [-0.1, -0.05) is 0 Å². The van der Waals surface area contributed by atoms with Gasteiger partial charge in [-0.05, 0) is 19.9 Å².